The molecule has 0 saturated heterocycles. The van der Waals surface area contributed by atoms with Crippen LogP contribution in [-0.2, 0) is 5.67 Å². The van der Waals surface area contributed by atoms with Crippen LogP contribution in [0, 0.1) is 18.3 Å². The van der Waals surface area contributed by atoms with Crippen LogP contribution in [0.15, 0.2) is 17.1 Å². The SMILES string of the molecule is Cc1cc(/N=C\N(C)C(C)C)c(Cl)cc1Oc1snc(C(C)(C)F)c1C#N. The number of hydrogen-bond donors (Lipinski definition) is 0. The molecule has 0 saturated carbocycles. The highest BCUT2D eigenvalue weighted by atomic mass is 35.5. The summed E-state index contributed by atoms with van der Waals surface area (Å²) in [7, 11) is 1.93. The van der Waals surface area contributed by atoms with Gasteiger partial charge in [0, 0.05) is 30.7 Å². The summed E-state index contributed by atoms with van der Waals surface area (Å²) in [6.07, 6.45) is 1.72. The lowest BCUT2D eigenvalue weighted by molar-refractivity contribution is 0.215. The Balaban J connectivity index is 2.33. The molecular weight excluding hydrogens is 387 g/mol. The number of rotatable bonds is 6. The fourth-order valence-corrected chi connectivity index (χ4v) is 3.14. The molecule has 1 aromatic heterocycles. The van der Waals surface area contributed by atoms with E-state index >= 15 is 0 Å². The quantitative estimate of drug-likeness (QED) is 0.436. The van der Waals surface area contributed by atoms with Crippen molar-refractivity contribution in [2.24, 2.45) is 4.99 Å². The Morgan fingerprint density at radius 3 is 2.67 bits per heavy atom. The average Bonchev–Trinajstić information content (AvgIpc) is 2.99. The lowest BCUT2D eigenvalue weighted by Crippen LogP contribution is -2.24. The van der Waals surface area contributed by atoms with Gasteiger partial charge < -0.3 is 9.64 Å². The van der Waals surface area contributed by atoms with E-state index in [0.29, 0.717) is 22.5 Å². The molecule has 0 unspecified atom stereocenters. The molecule has 0 N–H and O–H groups in total. The van der Waals surface area contributed by atoms with Crippen LogP contribution >= 0.6 is 23.1 Å². The first-order valence-electron chi connectivity index (χ1n) is 8.37. The van der Waals surface area contributed by atoms with E-state index in [1.54, 1.807) is 18.5 Å². The summed E-state index contributed by atoms with van der Waals surface area (Å²) in [5, 5.41) is 10.0. The van der Waals surface area contributed by atoms with Gasteiger partial charge in [0.1, 0.15) is 28.7 Å². The average molecular weight is 409 g/mol. The van der Waals surface area contributed by atoms with Gasteiger partial charge in [0.15, 0.2) is 0 Å². The first-order chi connectivity index (χ1) is 12.5. The van der Waals surface area contributed by atoms with Crippen molar-refractivity contribution in [2.45, 2.75) is 46.3 Å². The van der Waals surface area contributed by atoms with Gasteiger partial charge in [-0.1, -0.05) is 11.6 Å². The van der Waals surface area contributed by atoms with E-state index < -0.39 is 5.67 Å². The molecule has 144 valence electrons. The van der Waals surface area contributed by atoms with Gasteiger partial charge in [-0.2, -0.15) is 9.64 Å². The summed E-state index contributed by atoms with van der Waals surface area (Å²) >= 11 is 7.28. The Kier molecular flexibility index (Phi) is 6.45. The molecule has 2 rings (SSSR count). The molecule has 0 aliphatic rings. The van der Waals surface area contributed by atoms with Crippen molar-refractivity contribution in [3.8, 4) is 16.9 Å². The Morgan fingerprint density at radius 1 is 1.44 bits per heavy atom. The normalized spacial score (nSPS) is 11.9. The Morgan fingerprint density at radius 2 is 2.11 bits per heavy atom. The minimum Gasteiger partial charge on any atom is -0.443 e. The van der Waals surface area contributed by atoms with E-state index in [9.17, 15) is 9.65 Å². The Hall–Kier alpha value is -2.17. The summed E-state index contributed by atoms with van der Waals surface area (Å²) < 4.78 is 24.1. The van der Waals surface area contributed by atoms with Crippen LogP contribution in [0.2, 0.25) is 5.02 Å². The highest BCUT2D eigenvalue weighted by molar-refractivity contribution is 7.08. The maximum absolute atomic E-state index is 14.2. The lowest BCUT2D eigenvalue weighted by Gasteiger charge is -2.17. The minimum absolute atomic E-state index is 0.0756. The molecule has 0 atom stereocenters. The summed E-state index contributed by atoms with van der Waals surface area (Å²) in [6.45, 7) is 8.69. The zero-order valence-electron chi connectivity index (χ0n) is 16.2. The maximum Gasteiger partial charge on any atom is 0.218 e. The maximum atomic E-state index is 14.2. The molecule has 5 nitrogen and oxygen atoms in total. The van der Waals surface area contributed by atoms with Crippen molar-refractivity contribution in [3.63, 3.8) is 0 Å². The van der Waals surface area contributed by atoms with Crippen molar-refractivity contribution in [2.75, 3.05) is 7.05 Å². The summed E-state index contributed by atoms with van der Waals surface area (Å²) in [4.78, 5) is 6.37. The smallest absolute Gasteiger partial charge is 0.218 e. The largest absolute Gasteiger partial charge is 0.443 e. The van der Waals surface area contributed by atoms with Crippen molar-refractivity contribution in [1.29, 1.82) is 5.26 Å². The van der Waals surface area contributed by atoms with E-state index in [1.165, 1.54) is 13.8 Å². The van der Waals surface area contributed by atoms with Crippen LogP contribution in [0.4, 0.5) is 10.1 Å². The third kappa shape index (κ3) is 4.96. The number of aryl methyl sites for hydroxylation is 1. The monoisotopic (exact) mass is 408 g/mol. The van der Waals surface area contributed by atoms with Crippen molar-refractivity contribution < 1.29 is 9.13 Å². The van der Waals surface area contributed by atoms with Crippen molar-refractivity contribution >= 4 is 35.2 Å². The van der Waals surface area contributed by atoms with E-state index in [4.69, 9.17) is 16.3 Å². The van der Waals surface area contributed by atoms with Gasteiger partial charge in [-0.15, -0.1) is 0 Å². The summed E-state index contributed by atoms with van der Waals surface area (Å²) in [5.74, 6) is 0.472. The number of aromatic nitrogens is 1. The fourth-order valence-electron chi connectivity index (χ4n) is 2.09. The highest BCUT2D eigenvalue weighted by Crippen LogP contribution is 2.40. The second-order valence-electron chi connectivity index (χ2n) is 6.95. The minimum atomic E-state index is -1.73. The van der Waals surface area contributed by atoms with E-state index in [-0.39, 0.29) is 16.3 Å². The van der Waals surface area contributed by atoms with Crippen LogP contribution in [0.3, 0.4) is 0 Å². The molecule has 2 aromatic rings. The number of benzene rings is 1. The van der Waals surface area contributed by atoms with Crippen molar-refractivity contribution in [1.82, 2.24) is 9.27 Å². The third-order valence-corrected chi connectivity index (χ3v) is 5.01. The molecule has 8 heteroatoms. The number of aliphatic imine (C=N–C) groups is 1. The second-order valence-corrected chi connectivity index (χ2v) is 8.10. The predicted octanol–water partition coefficient (Wildman–Crippen LogP) is 5.97. The molecule has 0 fully saturated rings. The number of alkyl halides is 1. The van der Waals surface area contributed by atoms with Crippen LogP contribution in [0.5, 0.6) is 10.8 Å². The van der Waals surface area contributed by atoms with E-state index in [1.807, 2.05) is 24.9 Å². The first-order valence-corrected chi connectivity index (χ1v) is 9.53. The van der Waals surface area contributed by atoms with E-state index in [0.717, 1.165) is 17.1 Å². The molecule has 1 aromatic carbocycles. The third-order valence-electron chi connectivity index (χ3n) is 3.98. The number of nitriles is 1. The van der Waals surface area contributed by atoms with Gasteiger partial charge in [0.05, 0.1) is 17.0 Å². The molecule has 1 heterocycles. The molecule has 0 aliphatic carbocycles. The van der Waals surface area contributed by atoms with Gasteiger partial charge >= 0.3 is 0 Å². The zero-order chi connectivity index (χ0) is 20.4. The highest BCUT2D eigenvalue weighted by Gasteiger charge is 2.29. The Bertz CT molecular complexity index is 896. The van der Waals surface area contributed by atoms with Gasteiger partial charge in [0.2, 0.25) is 5.06 Å². The zero-order valence-corrected chi connectivity index (χ0v) is 17.7. The van der Waals surface area contributed by atoms with Crippen LogP contribution in [-0.4, -0.2) is 28.7 Å². The van der Waals surface area contributed by atoms with E-state index in [2.05, 4.69) is 23.2 Å². The molecule has 0 amide bonds. The summed E-state index contributed by atoms with van der Waals surface area (Å²) in [5.41, 5.74) is -0.145. The van der Waals surface area contributed by atoms with Crippen LogP contribution in [0.1, 0.15) is 44.5 Å². The summed E-state index contributed by atoms with van der Waals surface area (Å²) in [6, 6.07) is 5.74. The molecule has 0 radical (unpaired) electrons. The van der Waals surface area contributed by atoms with Gasteiger partial charge in [0.25, 0.3) is 0 Å². The second kappa shape index (κ2) is 8.24. The number of ether oxygens (including phenoxy) is 1. The molecular formula is C19H22ClFN4OS. The number of halogens is 2. The standard InChI is InChI=1S/C19H22ClFN4OS/c1-11(2)25(6)10-23-15-7-12(3)16(8-14(15)20)26-18-13(9-22)17(24-27-18)19(4,5)21/h7-8,10-11H,1-6H3/b23-10-. The van der Waals surface area contributed by atoms with Crippen LogP contribution in [0.25, 0.3) is 0 Å². The van der Waals surface area contributed by atoms with Crippen molar-refractivity contribution in [3.05, 3.63) is 34.0 Å². The molecule has 0 spiro atoms. The van der Waals surface area contributed by atoms with Gasteiger partial charge in [-0.05, 0) is 46.2 Å². The first kappa shape index (κ1) is 21.1. The fraction of sp³-hybridized carbons (Fsp3) is 0.421. The predicted molar refractivity (Wildman–Crippen MR) is 108 cm³/mol. The topological polar surface area (TPSA) is 61.5 Å². The van der Waals surface area contributed by atoms with Gasteiger partial charge in [-0.25, -0.2) is 9.38 Å². The number of hydrogen-bond acceptors (Lipinski definition) is 5. The molecule has 27 heavy (non-hydrogen) atoms. The van der Waals surface area contributed by atoms with Gasteiger partial charge in [-0.3, -0.25) is 0 Å². The molecule has 0 aliphatic heterocycles. The Labute approximate surface area is 168 Å². The lowest BCUT2D eigenvalue weighted by atomic mass is 10.0. The molecule has 0 bridgehead atoms. The number of nitrogens with zero attached hydrogens (tertiary/aromatic N) is 4. The van der Waals surface area contributed by atoms with Crippen LogP contribution < -0.4 is 4.74 Å².